The fourth-order valence-electron chi connectivity index (χ4n) is 1.47. The van der Waals surface area contributed by atoms with Crippen molar-refractivity contribution in [2.75, 3.05) is 13.6 Å². The molecule has 1 aromatic rings. The van der Waals surface area contributed by atoms with Gasteiger partial charge in [0.05, 0.1) is 4.99 Å². The third-order valence-electron chi connectivity index (χ3n) is 2.65. The van der Waals surface area contributed by atoms with Crippen LogP contribution in [0.25, 0.3) is 0 Å². The molecule has 0 heterocycles. The summed E-state index contributed by atoms with van der Waals surface area (Å²) in [6.07, 6.45) is 0.781. The Hall–Kier alpha value is -0.930. The maximum atomic E-state index is 5.48. The maximum Gasteiger partial charge on any atom is 0.0740 e. The summed E-state index contributed by atoms with van der Waals surface area (Å²) in [4.78, 5) is 2.84. The number of hydrogen-bond acceptors (Lipinski definition) is 2. The van der Waals surface area contributed by atoms with Crippen molar-refractivity contribution >= 4 is 17.2 Å². The molecule has 0 aliphatic heterocycles. The van der Waals surface area contributed by atoms with Crippen LogP contribution in [0.15, 0.2) is 30.3 Å². The lowest BCUT2D eigenvalue weighted by Gasteiger charge is -2.24. The van der Waals surface area contributed by atoms with E-state index < -0.39 is 0 Å². The Labute approximate surface area is 97.1 Å². The molecule has 1 aromatic carbocycles. The van der Waals surface area contributed by atoms with Gasteiger partial charge in [0.2, 0.25) is 0 Å². The van der Waals surface area contributed by atoms with Crippen LogP contribution < -0.4 is 5.73 Å². The lowest BCUT2D eigenvalue weighted by molar-refractivity contribution is 0.269. The molecule has 2 nitrogen and oxygen atoms in total. The van der Waals surface area contributed by atoms with Crippen molar-refractivity contribution in [1.82, 2.24) is 4.90 Å². The second-order valence-corrected chi connectivity index (χ2v) is 4.31. The van der Waals surface area contributed by atoms with Gasteiger partial charge < -0.3 is 5.73 Å². The molecule has 82 valence electrons. The average molecular weight is 222 g/mol. The van der Waals surface area contributed by atoms with Crippen molar-refractivity contribution in [3.63, 3.8) is 0 Å². The average Bonchev–Trinajstić information content (AvgIpc) is 2.26. The SMILES string of the molecule is CC(c1ccccc1)N(C)CCC(N)=S. The summed E-state index contributed by atoms with van der Waals surface area (Å²) in [5.41, 5.74) is 6.81. The van der Waals surface area contributed by atoms with E-state index in [9.17, 15) is 0 Å². The van der Waals surface area contributed by atoms with Crippen molar-refractivity contribution in [2.45, 2.75) is 19.4 Å². The fourth-order valence-corrected chi connectivity index (χ4v) is 1.56. The molecule has 0 fully saturated rings. The molecule has 1 atom stereocenters. The van der Waals surface area contributed by atoms with Gasteiger partial charge >= 0.3 is 0 Å². The predicted octanol–water partition coefficient (Wildman–Crippen LogP) is 2.36. The van der Waals surface area contributed by atoms with Crippen molar-refractivity contribution < 1.29 is 0 Å². The van der Waals surface area contributed by atoms with Gasteiger partial charge in [0.1, 0.15) is 0 Å². The smallest absolute Gasteiger partial charge is 0.0740 e. The molecule has 2 N–H and O–H groups in total. The Morgan fingerprint density at radius 3 is 2.53 bits per heavy atom. The Morgan fingerprint density at radius 1 is 1.40 bits per heavy atom. The summed E-state index contributed by atoms with van der Waals surface area (Å²) >= 11 is 4.87. The Bertz CT molecular complexity index is 311. The summed E-state index contributed by atoms with van der Waals surface area (Å²) in [5, 5.41) is 0. The number of benzene rings is 1. The van der Waals surface area contributed by atoms with Crippen LogP contribution in [-0.4, -0.2) is 23.5 Å². The molecule has 1 rings (SSSR count). The predicted molar refractivity (Wildman–Crippen MR) is 68.9 cm³/mol. The van der Waals surface area contributed by atoms with Gasteiger partial charge in [-0.15, -0.1) is 0 Å². The van der Waals surface area contributed by atoms with Crippen molar-refractivity contribution in [1.29, 1.82) is 0 Å². The van der Waals surface area contributed by atoms with Crippen LogP contribution in [0, 0.1) is 0 Å². The van der Waals surface area contributed by atoms with Crippen molar-refractivity contribution in [3.05, 3.63) is 35.9 Å². The number of nitrogens with zero attached hydrogens (tertiary/aromatic N) is 1. The Morgan fingerprint density at radius 2 is 2.00 bits per heavy atom. The van der Waals surface area contributed by atoms with E-state index in [-0.39, 0.29) is 0 Å². The molecule has 0 amide bonds. The van der Waals surface area contributed by atoms with E-state index >= 15 is 0 Å². The number of thiocarbonyl (C=S) groups is 1. The van der Waals surface area contributed by atoms with Crippen LogP contribution in [0.2, 0.25) is 0 Å². The van der Waals surface area contributed by atoms with Crippen LogP contribution in [0.5, 0.6) is 0 Å². The van der Waals surface area contributed by atoms with E-state index in [0.29, 0.717) is 11.0 Å². The van der Waals surface area contributed by atoms with Crippen molar-refractivity contribution in [2.24, 2.45) is 5.73 Å². The first kappa shape index (κ1) is 12.1. The minimum Gasteiger partial charge on any atom is -0.393 e. The number of nitrogens with two attached hydrogens (primary N) is 1. The zero-order chi connectivity index (χ0) is 11.3. The molecule has 0 spiro atoms. The lowest BCUT2D eigenvalue weighted by atomic mass is 10.1. The number of hydrogen-bond donors (Lipinski definition) is 1. The van der Waals surface area contributed by atoms with Gasteiger partial charge in [-0.3, -0.25) is 4.90 Å². The van der Waals surface area contributed by atoms with Gasteiger partial charge in [0.15, 0.2) is 0 Å². The van der Waals surface area contributed by atoms with Crippen LogP contribution in [-0.2, 0) is 0 Å². The monoisotopic (exact) mass is 222 g/mol. The number of rotatable bonds is 5. The highest BCUT2D eigenvalue weighted by atomic mass is 32.1. The van der Waals surface area contributed by atoms with Crippen LogP contribution >= 0.6 is 12.2 Å². The Kier molecular flexibility index (Phi) is 4.72. The first-order valence-corrected chi connectivity index (χ1v) is 5.55. The zero-order valence-corrected chi connectivity index (χ0v) is 10.1. The summed E-state index contributed by atoms with van der Waals surface area (Å²) < 4.78 is 0. The minimum absolute atomic E-state index is 0.403. The summed E-state index contributed by atoms with van der Waals surface area (Å²) in [7, 11) is 2.09. The van der Waals surface area contributed by atoms with Crippen LogP contribution in [0.4, 0.5) is 0 Å². The second-order valence-electron chi connectivity index (χ2n) is 3.78. The molecule has 0 saturated carbocycles. The topological polar surface area (TPSA) is 29.3 Å². The molecule has 0 radical (unpaired) electrons. The van der Waals surface area contributed by atoms with Gasteiger partial charge in [-0.25, -0.2) is 0 Å². The fraction of sp³-hybridized carbons (Fsp3) is 0.417. The van der Waals surface area contributed by atoms with Crippen molar-refractivity contribution in [3.8, 4) is 0 Å². The molecule has 1 unspecified atom stereocenters. The largest absolute Gasteiger partial charge is 0.393 e. The summed E-state index contributed by atoms with van der Waals surface area (Å²) in [5.74, 6) is 0. The van der Waals surface area contributed by atoms with E-state index in [0.717, 1.165) is 13.0 Å². The molecule has 0 saturated heterocycles. The van der Waals surface area contributed by atoms with Crippen LogP contribution in [0.1, 0.15) is 24.9 Å². The molecule has 15 heavy (non-hydrogen) atoms. The molecule has 0 bridgehead atoms. The lowest BCUT2D eigenvalue weighted by Crippen LogP contribution is -2.26. The zero-order valence-electron chi connectivity index (χ0n) is 9.31. The van der Waals surface area contributed by atoms with E-state index in [2.05, 4.69) is 43.1 Å². The standard InChI is InChI=1S/C12H18N2S/c1-10(11-6-4-3-5-7-11)14(2)9-8-12(13)15/h3-7,10H,8-9H2,1-2H3,(H2,13,15). The van der Waals surface area contributed by atoms with Crippen LogP contribution in [0.3, 0.4) is 0 Å². The highest BCUT2D eigenvalue weighted by Crippen LogP contribution is 2.17. The third-order valence-corrected chi connectivity index (χ3v) is 2.86. The van der Waals surface area contributed by atoms with Gasteiger partial charge in [-0.1, -0.05) is 42.5 Å². The third kappa shape index (κ3) is 3.98. The van der Waals surface area contributed by atoms with E-state index in [1.807, 2.05) is 6.07 Å². The molecule has 0 aromatic heterocycles. The Balaban J connectivity index is 2.53. The first-order chi connectivity index (χ1) is 7.11. The van der Waals surface area contributed by atoms with E-state index in [1.165, 1.54) is 5.56 Å². The molecule has 3 heteroatoms. The quantitative estimate of drug-likeness (QED) is 0.775. The molecular weight excluding hydrogens is 204 g/mol. The first-order valence-electron chi connectivity index (χ1n) is 5.14. The van der Waals surface area contributed by atoms with E-state index in [1.54, 1.807) is 0 Å². The molecular formula is C12H18N2S. The maximum absolute atomic E-state index is 5.48. The highest BCUT2D eigenvalue weighted by molar-refractivity contribution is 7.80. The highest BCUT2D eigenvalue weighted by Gasteiger charge is 2.10. The second kappa shape index (κ2) is 5.83. The van der Waals surface area contributed by atoms with Gasteiger partial charge in [-0.05, 0) is 19.5 Å². The summed E-state index contributed by atoms with van der Waals surface area (Å²) in [6, 6.07) is 10.8. The summed E-state index contributed by atoms with van der Waals surface area (Å²) in [6.45, 7) is 3.10. The van der Waals surface area contributed by atoms with E-state index in [4.69, 9.17) is 18.0 Å². The van der Waals surface area contributed by atoms with Gasteiger partial charge in [-0.2, -0.15) is 0 Å². The van der Waals surface area contributed by atoms with Gasteiger partial charge in [0.25, 0.3) is 0 Å². The van der Waals surface area contributed by atoms with Gasteiger partial charge in [0, 0.05) is 19.0 Å². The minimum atomic E-state index is 0.403. The normalized spacial score (nSPS) is 12.7. The molecule has 0 aliphatic carbocycles. The molecule has 0 aliphatic rings.